The van der Waals surface area contributed by atoms with Crippen molar-refractivity contribution < 1.29 is 9.90 Å². The first-order chi connectivity index (χ1) is 8.25. The fraction of sp³-hybridized carbons (Fsp3) is 0.300. The lowest BCUT2D eigenvalue weighted by Crippen LogP contribution is -2.10. The van der Waals surface area contributed by atoms with Gasteiger partial charge in [-0.1, -0.05) is 6.07 Å². The smallest absolute Gasteiger partial charge is 0.305 e. The molecule has 2 aromatic heterocycles. The summed E-state index contributed by atoms with van der Waals surface area (Å²) in [5.41, 5.74) is 0.846. The van der Waals surface area contributed by atoms with Crippen LogP contribution >= 0.6 is 0 Å². The standard InChI is InChI=1S/C10H11N5O2/c16-10(17)4-6-15-9(12-13-14-15)7-8-3-1-2-5-11-8/h1-3,5H,4,6-7H2,(H,16,17). The lowest BCUT2D eigenvalue weighted by atomic mass is 10.2. The van der Waals surface area contributed by atoms with E-state index in [1.54, 1.807) is 6.20 Å². The molecule has 1 N–H and O–H groups in total. The maximum Gasteiger partial charge on any atom is 0.305 e. The molecular formula is C10H11N5O2. The van der Waals surface area contributed by atoms with Crippen LogP contribution in [0.4, 0.5) is 0 Å². The number of carboxylic acid groups (broad SMARTS) is 1. The van der Waals surface area contributed by atoms with E-state index in [2.05, 4.69) is 20.5 Å². The Hall–Kier alpha value is -2.31. The molecule has 7 heteroatoms. The van der Waals surface area contributed by atoms with Crippen molar-refractivity contribution in [2.45, 2.75) is 19.4 Å². The molecule has 0 saturated carbocycles. The van der Waals surface area contributed by atoms with Crippen molar-refractivity contribution in [3.63, 3.8) is 0 Å². The van der Waals surface area contributed by atoms with Gasteiger partial charge in [0.2, 0.25) is 0 Å². The summed E-state index contributed by atoms with van der Waals surface area (Å²) >= 11 is 0. The Bertz CT molecular complexity index is 496. The monoisotopic (exact) mass is 233 g/mol. The second-order valence-corrected chi connectivity index (χ2v) is 3.46. The van der Waals surface area contributed by atoms with Gasteiger partial charge >= 0.3 is 5.97 Å². The van der Waals surface area contributed by atoms with Crippen LogP contribution in [0.15, 0.2) is 24.4 Å². The molecule has 2 rings (SSSR count). The van der Waals surface area contributed by atoms with E-state index in [0.29, 0.717) is 12.2 Å². The summed E-state index contributed by atoms with van der Waals surface area (Å²) in [6.45, 7) is 0.268. The first kappa shape index (κ1) is 11.2. The summed E-state index contributed by atoms with van der Waals surface area (Å²) in [5.74, 6) is -0.255. The van der Waals surface area contributed by atoms with Gasteiger partial charge < -0.3 is 5.11 Å². The molecular weight excluding hydrogens is 222 g/mol. The van der Waals surface area contributed by atoms with Gasteiger partial charge in [-0.3, -0.25) is 9.78 Å². The Morgan fingerprint density at radius 3 is 3.00 bits per heavy atom. The van der Waals surface area contributed by atoms with Crippen LogP contribution in [-0.4, -0.2) is 36.3 Å². The molecule has 0 spiro atoms. The Morgan fingerprint density at radius 2 is 2.29 bits per heavy atom. The third kappa shape index (κ3) is 3.07. The van der Waals surface area contributed by atoms with Gasteiger partial charge in [0.25, 0.3) is 0 Å². The molecule has 0 bridgehead atoms. The van der Waals surface area contributed by atoms with Crippen LogP contribution in [0, 0.1) is 0 Å². The highest BCUT2D eigenvalue weighted by Gasteiger charge is 2.08. The quantitative estimate of drug-likeness (QED) is 0.789. The number of hydrogen-bond donors (Lipinski definition) is 1. The highest BCUT2D eigenvalue weighted by molar-refractivity contribution is 5.66. The third-order valence-corrected chi connectivity index (χ3v) is 2.21. The lowest BCUT2D eigenvalue weighted by molar-refractivity contribution is -0.137. The summed E-state index contributed by atoms with van der Waals surface area (Å²) in [4.78, 5) is 14.6. The Balaban J connectivity index is 2.06. The Labute approximate surface area is 97.1 Å². The van der Waals surface area contributed by atoms with Crippen molar-refractivity contribution in [3.05, 3.63) is 35.9 Å². The number of carboxylic acids is 1. The number of aryl methyl sites for hydroxylation is 1. The molecule has 2 heterocycles. The molecule has 88 valence electrons. The molecule has 0 saturated heterocycles. The van der Waals surface area contributed by atoms with Gasteiger partial charge in [0.15, 0.2) is 5.82 Å². The predicted molar refractivity (Wildman–Crippen MR) is 57.1 cm³/mol. The number of carbonyl (C=O) groups is 1. The maximum atomic E-state index is 10.5. The fourth-order valence-electron chi connectivity index (χ4n) is 1.39. The van der Waals surface area contributed by atoms with Crippen molar-refractivity contribution in [3.8, 4) is 0 Å². The predicted octanol–water partition coefficient (Wildman–Crippen LogP) is 0.134. The summed E-state index contributed by atoms with van der Waals surface area (Å²) in [7, 11) is 0. The molecule has 0 amide bonds. The number of pyridine rings is 1. The molecule has 0 aliphatic carbocycles. The van der Waals surface area contributed by atoms with E-state index >= 15 is 0 Å². The minimum absolute atomic E-state index is 0.000256. The number of rotatable bonds is 5. The van der Waals surface area contributed by atoms with Crippen molar-refractivity contribution in [1.82, 2.24) is 25.2 Å². The average molecular weight is 233 g/mol. The molecule has 0 fully saturated rings. The zero-order chi connectivity index (χ0) is 12.1. The van der Waals surface area contributed by atoms with Crippen LogP contribution in [0.3, 0.4) is 0 Å². The molecule has 2 aromatic rings. The molecule has 7 nitrogen and oxygen atoms in total. The van der Waals surface area contributed by atoms with Crippen LogP contribution in [0.25, 0.3) is 0 Å². The molecule has 17 heavy (non-hydrogen) atoms. The zero-order valence-electron chi connectivity index (χ0n) is 9.02. The largest absolute Gasteiger partial charge is 0.481 e. The second kappa shape index (κ2) is 5.15. The Kier molecular flexibility index (Phi) is 3.39. The van der Waals surface area contributed by atoms with E-state index in [1.165, 1.54) is 4.68 Å². The van der Waals surface area contributed by atoms with Gasteiger partial charge in [-0.05, 0) is 22.6 Å². The molecule has 0 atom stereocenters. The Morgan fingerprint density at radius 1 is 1.41 bits per heavy atom. The van der Waals surface area contributed by atoms with Crippen molar-refractivity contribution in [1.29, 1.82) is 0 Å². The van der Waals surface area contributed by atoms with E-state index in [4.69, 9.17) is 5.11 Å². The lowest BCUT2D eigenvalue weighted by Gasteiger charge is -2.02. The molecule has 0 aliphatic rings. The van der Waals surface area contributed by atoms with Gasteiger partial charge in [-0.15, -0.1) is 5.10 Å². The fourth-order valence-corrected chi connectivity index (χ4v) is 1.39. The first-order valence-corrected chi connectivity index (χ1v) is 5.12. The average Bonchev–Trinajstić information content (AvgIpc) is 2.75. The summed E-state index contributed by atoms with van der Waals surface area (Å²) < 4.78 is 1.49. The van der Waals surface area contributed by atoms with Gasteiger partial charge in [-0.25, -0.2) is 4.68 Å². The van der Waals surface area contributed by atoms with E-state index < -0.39 is 5.97 Å². The van der Waals surface area contributed by atoms with E-state index in [0.717, 1.165) is 5.69 Å². The zero-order valence-corrected chi connectivity index (χ0v) is 9.02. The normalized spacial score (nSPS) is 10.4. The van der Waals surface area contributed by atoms with Crippen molar-refractivity contribution >= 4 is 5.97 Å². The number of nitrogens with zero attached hydrogens (tertiary/aromatic N) is 5. The number of aromatic nitrogens is 5. The van der Waals surface area contributed by atoms with Gasteiger partial charge in [0.1, 0.15) is 0 Å². The van der Waals surface area contributed by atoms with Crippen molar-refractivity contribution in [2.75, 3.05) is 0 Å². The van der Waals surface area contributed by atoms with Crippen LogP contribution in [-0.2, 0) is 17.8 Å². The van der Waals surface area contributed by atoms with Gasteiger partial charge in [0, 0.05) is 11.9 Å². The van der Waals surface area contributed by atoms with Crippen LogP contribution in [0.5, 0.6) is 0 Å². The molecule has 0 radical (unpaired) electrons. The SMILES string of the molecule is O=C(O)CCn1nnnc1Cc1ccccn1. The number of aliphatic carboxylic acids is 1. The minimum Gasteiger partial charge on any atom is -0.481 e. The molecule has 0 aliphatic heterocycles. The summed E-state index contributed by atoms with van der Waals surface area (Å²) in [6, 6.07) is 5.58. The topological polar surface area (TPSA) is 93.8 Å². The highest BCUT2D eigenvalue weighted by atomic mass is 16.4. The van der Waals surface area contributed by atoms with E-state index in [1.807, 2.05) is 18.2 Å². The van der Waals surface area contributed by atoms with Gasteiger partial charge in [0.05, 0.1) is 19.4 Å². The number of tetrazole rings is 1. The van der Waals surface area contributed by atoms with E-state index in [9.17, 15) is 4.79 Å². The third-order valence-electron chi connectivity index (χ3n) is 2.21. The second-order valence-electron chi connectivity index (χ2n) is 3.46. The number of hydrogen-bond acceptors (Lipinski definition) is 5. The van der Waals surface area contributed by atoms with Gasteiger partial charge in [-0.2, -0.15) is 0 Å². The van der Waals surface area contributed by atoms with Crippen LogP contribution < -0.4 is 0 Å². The highest BCUT2D eigenvalue weighted by Crippen LogP contribution is 2.03. The molecule has 0 aromatic carbocycles. The first-order valence-electron chi connectivity index (χ1n) is 5.12. The summed E-state index contributed by atoms with van der Waals surface area (Å²) in [5, 5.41) is 19.7. The minimum atomic E-state index is -0.871. The molecule has 0 unspecified atom stereocenters. The van der Waals surface area contributed by atoms with Crippen molar-refractivity contribution in [2.24, 2.45) is 0 Å². The van der Waals surface area contributed by atoms with Crippen LogP contribution in [0.2, 0.25) is 0 Å². The van der Waals surface area contributed by atoms with Crippen LogP contribution in [0.1, 0.15) is 17.9 Å². The van der Waals surface area contributed by atoms with E-state index in [-0.39, 0.29) is 13.0 Å². The maximum absolute atomic E-state index is 10.5. The summed E-state index contributed by atoms with van der Waals surface area (Å²) in [6.07, 6.45) is 2.19.